The molecule has 4 rings (SSSR count). The van der Waals surface area contributed by atoms with E-state index in [2.05, 4.69) is 15.0 Å². The highest BCUT2D eigenvalue weighted by atomic mass is 32.1. The zero-order chi connectivity index (χ0) is 22.2. The summed E-state index contributed by atoms with van der Waals surface area (Å²) in [6, 6.07) is 7.88. The number of pyridine rings is 1. The van der Waals surface area contributed by atoms with Gasteiger partial charge in [-0.25, -0.2) is 9.78 Å². The molecule has 0 fully saturated rings. The van der Waals surface area contributed by atoms with Crippen LogP contribution in [0.5, 0.6) is 0 Å². The standard InChI is InChI=1S/C20H18F3N5O2S/c1-12-3-2-4-15(25-12)14-7-8-27(10-16(14)29)18-24-11-28(19(30)26-18)9-13-5-6-17(31-13)20(21,22)23/h2-7,11,16,29H,8-10H2,1H3/t16-/m0/s1. The van der Waals surface area contributed by atoms with Crippen LogP contribution in [0.15, 0.2) is 47.5 Å². The SMILES string of the molecule is Cc1cccc(C2=CCN(c3ncn(Cc4ccc(C(F)(F)F)s4)c(=O)n3)C[C@@H]2O)n1. The summed E-state index contributed by atoms with van der Waals surface area (Å²) in [7, 11) is 0. The topological polar surface area (TPSA) is 84.1 Å². The quantitative estimate of drug-likeness (QED) is 0.660. The summed E-state index contributed by atoms with van der Waals surface area (Å²) in [5, 5.41) is 10.6. The van der Waals surface area contributed by atoms with E-state index in [9.17, 15) is 23.1 Å². The van der Waals surface area contributed by atoms with E-state index in [1.165, 1.54) is 12.4 Å². The number of hydrogen-bond acceptors (Lipinski definition) is 7. The molecule has 0 aliphatic carbocycles. The third-order valence-electron chi connectivity index (χ3n) is 4.77. The van der Waals surface area contributed by atoms with E-state index in [1.807, 2.05) is 31.2 Å². The number of hydrogen-bond donors (Lipinski definition) is 1. The second kappa shape index (κ2) is 8.23. The number of anilines is 1. The maximum atomic E-state index is 12.7. The molecule has 1 aliphatic heterocycles. The summed E-state index contributed by atoms with van der Waals surface area (Å²) in [5.74, 6) is 0.148. The van der Waals surface area contributed by atoms with Gasteiger partial charge in [0.2, 0.25) is 5.95 Å². The van der Waals surface area contributed by atoms with Gasteiger partial charge in [0, 0.05) is 22.7 Å². The number of rotatable bonds is 4. The first-order chi connectivity index (χ1) is 14.7. The second-order valence-electron chi connectivity index (χ2n) is 7.08. The van der Waals surface area contributed by atoms with E-state index < -0.39 is 22.8 Å². The first kappa shape index (κ1) is 21.2. The van der Waals surface area contributed by atoms with Crippen LogP contribution < -0.4 is 10.6 Å². The van der Waals surface area contributed by atoms with E-state index in [-0.39, 0.29) is 19.0 Å². The molecule has 162 valence electrons. The third kappa shape index (κ3) is 4.67. The zero-order valence-electron chi connectivity index (χ0n) is 16.4. The molecule has 0 aromatic carbocycles. The summed E-state index contributed by atoms with van der Waals surface area (Å²) >= 11 is 0.578. The normalized spacial score (nSPS) is 17.0. The van der Waals surface area contributed by atoms with E-state index in [1.54, 1.807) is 4.90 Å². The fourth-order valence-corrected chi connectivity index (χ4v) is 4.14. The molecule has 0 spiro atoms. The van der Waals surface area contributed by atoms with Crippen molar-refractivity contribution in [3.8, 4) is 0 Å². The summed E-state index contributed by atoms with van der Waals surface area (Å²) in [4.78, 5) is 26.2. The molecule has 0 saturated carbocycles. The minimum Gasteiger partial charge on any atom is -0.386 e. The van der Waals surface area contributed by atoms with Crippen molar-refractivity contribution in [1.82, 2.24) is 19.5 Å². The molecule has 0 saturated heterocycles. The van der Waals surface area contributed by atoms with Crippen molar-refractivity contribution in [2.45, 2.75) is 25.7 Å². The molecule has 4 heterocycles. The van der Waals surface area contributed by atoms with Gasteiger partial charge in [-0.15, -0.1) is 11.3 Å². The number of aromatic nitrogens is 4. The Morgan fingerprint density at radius 2 is 2.03 bits per heavy atom. The Balaban J connectivity index is 1.50. The second-order valence-corrected chi connectivity index (χ2v) is 8.24. The minimum atomic E-state index is -4.41. The molecule has 11 heteroatoms. The van der Waals surface area contributed by atoms with Crippen LogP contribution in [0.1, 0.15) is 21.1 Å². The van der Waals surface area contributed by atoms with Gasteiger partial charge in [0.25, 0.3) is 0 Å². The summed E-state index contributed by atoms with van der Waals surface area (Å²) < 4.78 is 39.4. The lowest BCUT2D eigenvalue weighted by atomic mass is 10.0. The average molecular weight is 449 g/mol. The van der Waals surface area contributed by atoms with Gasteiger partial charge in [-0.3, -0.25) is 9.55 Å². The Bertz CT molecular complexity index is 1190. The van der Waals surface area contributed by atoms with Crippen LogP contribution in [0.3, 0.4) is 0 Å². The fraction of sp³-hybridized carbons (Fsp3) is 0.300. The van der Waals surface area contributed by atoms with Gasteiger partial charge in [0.05, 0.1) is 24.9 Å². The Labute approximate surface area is 179 Å². The number of β-amino-alcohol motifs (C(OH)–C–C–N with tert-alkyl or cyclic N) is 1. The summed E-state index contributed by atoms with van der Waals surface area (Å²) in [6.07, 6.45) is -2.18. The van der Waals surface area contributed by atoms with Gasteiger partial charge in [0.1, 0.15) is 11.2 Å². The molecule has 0 bridgehead atoms. The lowest BCUT2D eigenvalue weighted by Gasteiger charge is -2.30. The molecule has 3 aromatic rings. The Morgan fingerprint density at radius 1 is 1.23 bits per heavy atom. The molecule has 3 aromatic heterocycles. The Kier molecular flexibility index (Phi) is 5.63. The van der Waals surface area contributed by atoms with E-state index in [0.29, 0.717) is 34.0 Å². The van der Waals surface area contributed by atoms with Gasteiger partial charge >= 0.3 is 11.9 Å². The van der Waals surface area contributed by atoms with Crippen LogP contribution in [0.2, 0.25) is 0 Å². The molecule has 0 unspecified atom stereocenters. The Hall–Kier alpha value is -3.05. The minimum absolute atomic E-state index is 0.0500. The molecular weight excluding hydrogens is 431 g/mol. The highest BCUT2D eigenvalue weighted by Gasteiger charge is 2.32. The predicted molar refractivity (Wildman–Crippen MR) is 110 cm³/mol. The highest BCUT2D eigenvalue weighted by molar-refractivity contribution is 7.12. The first-order valence-electron chi connectivity index (χ1n) is 9.37. The molecular formula is C20H18F3N5O2S. The number of halogens is 3. The number of aliphatic hydroxyl groups excluding tert-OH is 1. The van der Waals surface area contributed by atoms with Crippen molar-refractivity contribution in [1.29, 1.82) is 0 Å². The van der Waals surface area contributed by atoms with Gasteiger partial charge in [-0.2, -0.15) is 18.2 Å². The largest absolute Gasteiger partial charge is 0.425 e. The van der Waals surface area contributed by atoms with Crippen LogP contribution in [0, 0.1) is 6.92 Å². The number of thiophene rings is 1. The molecule has 7 nitrogen and oxygen atoms in total. The van der Waals surface area contributed by atoms with Crippen molar-refractivity contribution >= 4 is 22.9 Å². The van der Waals surface area contributed by atoms with E-state index >= 15 is 0 Å². The van der Waals surface area contributed by atoms with Crippen molar-refractivity contribution < 1.29 is 18.3 Å². The first-order valence-corrected chi connectivity index (χ1v) is 10.2. The molecule has 1 aliphatic rings. The smallest absolute Gasteiger partial charge is 0.386 e. The third-order valence-corrected chi connectivity index (χ3v) is 5.89. The lowest BCUT2D eigenvalue weighted by Crippen LogP contribution is -2.40. The fourth-order valence-electron chi connectivity index (χ4n) is 3.26. The Morgan fingerprint density at radius 3 is 2.68 bits per heavy atom. The number of aliphatic hydroxyl groups is 1. The van der Waals surface area contributed by atoms with Gasteiger partial charge in [0.15, 0.2) is 0 Å². The van der Waals surface area contributed by atoms with Crippen molar-refractivity contribution in [3.05, 3.63) is 74.4 Å². The molecule has 0 amide bonds. The van der Waals surface area contributed by atoms with Crippen molar-refractivity contribution in [2.24, 2.45) is 0 Å². The van der Waals surface area contributed by atoms with Crippen LogP contribution in [0.4, 0.5) is 19.1 Å². The van der Waals surface area contributed by atoms with Gasteiger partial charge < -0.3 is 10.0 Å². The van der Waals surface area contributed by atoms with E-state index in [4.69, 9.17) is 0 Å². The van der Waals surface area contributed by atoms with Crippen LogP contribution in [-0.4, -0.2) is 43.8 Å². The summed E-state index contributed by atoms with van der Waals surface area (Å²) in [6.45, 7) is 2.39. The number of nitrogens with zero attached hydrogens (tertiary/aromatic N) is 5. The van der Waals surface area contributed by atoms with Crippen LogP contribution in [-0.2, 0) is 12.7 Å². The monoisotopic (exact) mass is 449 g/mol. The van der Waals surface area contributed by atoms with Crippen LogP contribution in [0.25, 0.3) is 5.57 Å². The molecule has 31 heavy (non-hydrogen) atoms. The maximum Gasteiger partial charge on any atom is 0.425 e. The molecule has 1 atom stereocenters. The average Bonchev–Trinajstić information content (AvgIpc) is 3.18. The van der Waals surface area contributed by atoms with Gasteiger partial charge in [-0.05, 0) is 31.2 Å². The molecule has 1 N–H and O–H groups in total. The van der Waals surface area contributed by atoms with E-state index in [0.717, 1.165) is 16.3 Å². The maximum absolute atomic E-state index is 12.7. The molecule has 0 radical (unpaired) electrons. The van der Waals surface area contributed by atoms with Crippen LogP contribution >= 0.6 is 11.3 Å². The number of aryl methyl sites for hydroxylation is 1. The van der Waals surface area contributed by atoms with Gasteiger partial charge in [-0.1, -0.05) is 12.1 Å². The summed E-state index contributed by atoms with van der Waals surface area (Å²) in [5.41, 5.74) is 1.61. The zero-order valence-corrected chi connectivity index (χ0v) is 17.2. The highest BCUT2D eigenvalue weighted by Crippen LogP contribution is 2.34. The van der Waals surface area contributed by atoms with Crippen molar-refractivity contribution in [2.75, 3.05) is 18.0 Å². The predicted octanol–water partition coefficient (Wildman–Crippen LogP) is 2.73. The van der Waals surface area contributed by atoms with Crippen molar-refractivity contribution in [3.63, 3.8) is 0 Å². The number of alkyl halides is 3. The lowest BCUT2D eigenvalue weighted by molar-refractivity contribution is -0.134.